The molecule has 0 aliphatic heterocycles. The van der Waals surface area contributed by atoms with E-state index in [1.54, 1.807) is 4.68 Å². The highest BCUT2D eigenvalue weighted by molar-refractivity contribution is 9.10. The maximum atomic E-state index is 13.0. The second kappa shape index (κ2) is 8.32. The van der Waals surface area contributed by atoms with Gasteiger partial charge in [-0.3, -0.25) is 4.79 Å². The first kappa shape index (κ1) is 19.5. The zero-order valence-corrected chi connectivity index (χ0v) is 18.1. The molecule has 5 rings (SSSR count). The van der Waals surface area contributed by atoms with Gasteiger partial charge in [0.15, 0.2) is 5.69 Å². The summed E-state index contributed by atoms with van der Waals surface area (Å²) in [6.45, 7) is 1.38. The van der Waals surface area contributed by atoms with Crippen molar-refractivity contribution in [1.29, 1.82) is 0 Å². The van der Waals surface area contributed by atoms with Gasteiger partial charge in [0.2, 0.25) is 0 Å². The van der Waals surface area contributed by atoms with Crippen molar-refractivity contribution in [3.8, 4) is 5.69 Å². The van der Waals surface area contributed by atoms with Crippen molar-refractivity contribution in [1.82, 2.24) is 15.0 Å². The number of nitrogens with one attached hydrogen (secondary N) is 1. The Bertz CT molecular complexity index is 1060. The lowest BCUT2D eigenvalue weighted by atomic mass is 10.2. The molecule has 2 fully saturated rings. The monoisotopic (exact) mass is 466 g/mol. The predicted molar refractivity (Wildman–Crippen MR) is 118 cm³/mol. The third-order valence-electron chi connectivity index (χ3n) is 5.46. The molecule has 30 heavy (non-hydrogen) atoms. The Hall–Kier alpha value is -2.51. The molecule has 2 aliphatic carbocycles. The zero-order valence-electron chi connectivity index (χ0n) is 16.6. The van der Waals surface area contributed by atoms with E-state index in [1.807, 2.05) is 48.5 Å². The fourth-order valence-corrected chi connectivity index (χ4v) is 3.77. The summed E-state index contributed by atoms with van der Waals surface area (Å²) in [5, 5.41) is 11.5. The topological polar surface area (TPSA) is 69.0 Å². The number of halogens is 1. The molecule has 1 heterocycles. The Morgan fingerprint density at radius 2 is 1.93 bits per heavy atom. The summed E-state index contributed by atoms with van der Waals surface area (Å²) < 4.78 is 8.56. The van der Waals surface area contributed by atoms with Crippen LogP contribution in [0.2, 0.25) is 0 Å². The first-order chi connectivity index (χ1) is 14.7. The lowest BCUT2D eigenvalue weighted by molar-refractivity contribution is 0.102. The number of aromatic nitrogens is 3. The molecule has 1 amide bonds. The van der Waals surface area contributed by atoms with E-state index < -0.39 is 0 Å². The van der Waals surface area contributed by atoms with E-state index in [1.165, 1.54) is 12.8 Å². The van der Waals surface area contributed by atoms with Crippen molar-refractivity contribution in [2.24, 2.45) is 5.92 Å². The maximum Gasteiger partial charge on any atom is 0.278 e. The van der Waals surface area contributed by atoms with Crippen LogP contribution in [-0.2, 0) is 11.3 Å². The lowest BCUT2D eigenvalue weighted by Crippen LogP contribution is -2.15. The summed E-state index contributed by atoms with van der Waals surface area (Å²) in [5.74, 6) is 0.838. The standard InChI is InChI=1S/C23H23BrN4O2/c24-18-8-10-20(11-9-18)28-22(17-6-7-17)21(26-27-28)23(29)25-19-3-1-2-16(12-19)14-30-13-15-4-5-15/h1-3,8-12,15,17H,4-7,13-14H2,(H,25,29). The number of benzene rings is 2. The number of carbonyl (C=O) groups excluding carboxylic acids is 1. The Kier molecular flexibility index (Phi) is 5.39. The van der Waals surface area contributed by atoms with E-state index in [0.717, 1.165) is 52.5 Å². The summed E-state index contributed by atoms with van der Waals surface area (Å²) in [7, 11) is 0. The third kappa shape index (κ3) is 4.47. The highest BCUT2D eigenvalue weighted by Crippen LogP contribution is 2.42. The van der Waals surface area contributed by atoms with Crippen LogP contribution in [0.25, 0.3) is 5.69 Å². The first-order valence-corrected chi connectivity index (χ1v) is 11.2. The number of rotatable bonds is 8. The van der Waals surface area contributed by atoms with Gasteiger partial charge in [-0.15, -0.1) is 5.10 Å². The second-order valence-corrected chi connectivity index (χ2v) is 9.01. The summed E-state index contributed by atoms with van der Waals surface area (Å²) in [5.41, 5.74) is 3.98. The van der Waals surface area contributed by atoms with Gasteiger partial charge in [-0.05, 0) is 73.6 Å². The van der Waals surface area contributed by atoms with E-state index in [-0.39, 0.29) is 5.91 Å². The number of carbonyl (C=O) groups is 1. The fourth-order valence-electron chi connectivity index (χ4n) is 3.50. The molecule has 3 aromatic rings. The molecular weight excluding hydrogens is 444 g/mol. The van der Waals surface area contributed by atoms with E-state index in [2.05, 4.69) is 31.6 Å². The average molecular weight is 467 g/mol. The number of nitrogens with zero attached hydrogens (tertiary/aromatic N) is 3. The molecule has 2 aromatic carbocycles. The number of amides is 1. The molecule has 2 saturated carbocycles. The quantitative estimate of drug-likeness (QED) is 0.502. The minimum absolute atomic E-state index is 0.226. The SMILES string of the molecule is O=C(Nc1cccc(COCC2CC2)c1)c1nnn(-c2ccc(Br)cc2)c1C1CC1. The predicted octanol–water partition coefficient (Wildman–Crippen LogP) is 5.09. The molecule has 7 heteroatoms. The van der Waals surface area contributed by atoms with Crippen LogP contribution >= 0.6 is 15.9 Å². The molecule has 1 N–H and O–H groups in total. The van der Waals surface area contributed by atoms with Crippen molar-refractivity contribution in [2.75, 3.05) is 11.9 Å². The highest BCUT2D eigenvalue weighted by atomic mass is 79.9. The number of anilines is 1. The van der Waals surface area contributed by atoms with Crippen molar-refractivity contribution >= 4 is 27.5 Å². The molecule has 154 valence electrons. The summed E-state index contributed by atoms with van der Waals surface area (Å²) in [4.78, 5) is 13.0. The average Bonchev–Trinajstić information content (AvgIpc) is 3.68. The van der Waals surface area contributed by atoms with Gasteiger partial charge >= 0.3 is 0 Å². The molecule has 0 unspecified atom stereocenters. The molecule has 2 aliphatic rings. The van der Waals surface area contributed by atoms with Crippen molar-refractivity contribution in [3.05, 3.63) is 70.0 Å². The van der Waals surface area contributed by atoms with Gasteiger partial charge in [0.1, 0.15) is 0 Å². The number of hydrogen-bond acceptors (Lipinski definition) is 4. The van der Waals surface area contributed by atoms with Gasteiger partial charge in [0.05, 0.1) is 18.0 Å². The fraction of sp³-hybridized carbons (Fsp3) is 0.348. The minimum Gasteiger partial charge on any atom is -0.376 e. The molecule has 0 bridgehead atoms. The van der Waals surface area contributed by atoms with Gasteiger partial charge in [-0.2, -0.15) is 0 Å². The van der Waals surface area contributed by atoms with Gasteiger partial charge in [-0.1, -0.05) is 33.3 Å². The molecule has 0 atom stereocenters. The highest BCUT2D eigenvalue weighted by Gasteiger charge is 2.34. The van der Waals surface area contributed by atoms with Crippen LogP contribution in [0.1, 0.15) is 53.3 Å². The Labute approximate surface area is 183 Å². The van der Waals surface area contributed by atoms with Crippen molar-refractivity contribution in [3.63, 3.8) is 0 Å². The van der Waals surface area contributed by atoms with Gasteiger partial charge < -0.3 is 10.1 Å². The van der Waals surface area contributed by atoms with E-state index >= 15 is 0 Å². The van der Waals surface area contributed by atoms with Crippen LogP contribution in [-0.4, -0.2) is 27.5 Å². The van der Waals surface area contributed by atoms with Crippen LogP contribution in [0.4, 0.5) is 5.69 Å². The Balaban J connectivity index is 1.33. The molecule has 0 saturated heterocycles. The van der Waals surface area contributed by atoms with Crippen LogP contribution < -0.4 is 5.32 Å². The molecular formula is C23H23BrN4O2. The smallest absolute Gasteiger partial charge is 0.278 e. The van der Waals surface area contributed by atoms with Gasteiger partial charge in [0, 0.05) is 22.7 Å². The Morgan fingerprint density at radius 1 is 1.13 bits per heavy atom. The van der Waals surface area contributed by atoms with Crippen LogP contribution in [0, 0.1) is 5.92 Å². The summed E-state index contributed by atoms with van der Waals surface area (Å²) in [6, 6.07) is 15.7. The first-order valence-electron chi connectivity index (χ1n) is 10.4. The van der Waals surface area contributed by atoms with Gasteiger partial charge in [-0.25, -0.2) is 4.68 Å². The van der Waals surface area contributed by atoms with Crippen LogP contribution in [0.3, 0.4) is 0 Å². The maximum absolute atomic E-state index is 13.0. The van der Waals surface area contributed by atoms with Gasteiger partial charge in [0.25, 0.3) is 5.91 Å². The van der Waals surface area contributed by atoms with E-state index in [0.29, 0.717) is 18.2 Å². The summed E-state index contributed by atoms with van der Waals surface area (Å²) >= 11 is 3.46. The largest absolute Gasteiger partial charge is 0.376 e. The number of hydrogen-bond donors (Lipinski definition) is 1. The second-order valence-electron chi connectivity index (χ2n) is 8.10. The van der Waals surface area contributed by atoms with Crippen LogP contribution in [0.5, 0.6) is 0 Å². The zero-order chi connectivity index (χ0) is 20.5. The molecule has 0 radical (unpaired) electrons. The summed E-state index contributed by atoms with van der Waals surface area (Å²) in [6.07, 6.45) is 4.66. The molecule has 0 spiro atoms. The van der Waals surface area contributed by atoms with Crippen molar-refractivity contribution in [2.45, 2.75) is 38.2 Å². The van der Waals surface area contributed by atoms with Crippen LogP contribution in [0.15, 0.2) is 53.0 Å². The molecule has 6 nitrogen and oxygen atoms in total. The molecule has 1 aromatic heterocycles. The lowest BCUT2D eigenvalue weighted by Gasteiger charge is -2.09. The number of ether oxygens (including phenoxy) is 1. The van der Waals surface area contributed by atoms with E-state index in [4.69, 9.17) is 4.74 Å². The Morgan fingerprint density at radius 3 is 2.67 bits per heavy atom. The van der Waals surface area contributed by atoms with E-state index in [9.17, 15) is 4.79 Å². The normalized spacial score (nSPS) is 15.9. The minimum atomic E-state index is -0.226. The van der Waals surface area contributed by atoms with Crippen molar-refractivity contribution < 1.29 is 9.53 Å². The third-order valence-corrected chi connectivity index (χ3v) is 5.99.